The number of allylic oxidation sites excluding steroid dienone is 6. The highest BCUT2D eigenvalue weighted by molar-refractivity contribution is 6.73. The molecule has 1 fully saturated rings. The summed E-state index contributed by atoms with van der Waals surface area (Å²) in [4.78, 5) is 23.7. The van der Waals surface area contributed by atoms with Crippen LogP contribution in [-0.2, 0) is 36.8 Å². The summed E-state index contributed by atoms with van der Waals surface area (Å²) in [6, 6.07) is 1.16. The summed E-state index contributed by atoms with van der Waals surface area (Å²) < 4.78 is 31.9. The zero-order valence-corrected chi connectivity index (χ0v) is 34.2. The monoisotopic (exact) mass is 754 g/mol. The minimum absolute atomic E-state index is 0.136. The smallest absolute Gasteiger partial charge is 0.463 e. The third-order valence-electron chi connectivity index (χ3n) is 9.66. The molecule has 10 nitrogen and oxygen atoms in total. The normalized spacial score (nSPS) is 17.1. The first-order valence-electron chi connectivity index (χ1n) is 19.2. The lowest BCUT2D eigenvalue weighted by molar-refractivity contribution is -0.138. The molecule has 0 heterocycles. The van der Waals surface area contributed by atoms with Gasteiger partial charge in [-0.1, -0.05) is 62.1 Å². The second kappa shape index (κ2) is 30.5. The molecule has 51 heavy (non-hydrogen) atoms. The van der Waals surface area contributed by atoms with Gasteiger partial charge < -0.3 is 37.4 Å². The lowest BCUT2D eigenvalue weighted by atomic mass is 10.0. The Morgan fingerprint density at radius 3 is 1.37 bits per heavy atom. The number of carbonyl (C=O) groups is 2. The highest BCUT2D eigenvalue weighted by atomic mass is 28.4. The van der Waals surface area contributed by atoms with Crippen molar-refractivity contribution < 1.29 is 47.0 Å². The Labute approximate surface area is 311 Å². The number of unbranched alkanes of at least 4 members (excludes halogenated alkanes) is 10. The van der Waals surface area contributed by atoms with E-state index in [4.69, 9.17) is 27.2 Å². The van der Waals surface area contributed by atoms with Crippen LogP contribution in [0.2, 0.25) is 12.1 Å². The van der Waals surface area contributed by atoms with Crippen molar-refractivity contribution in [3.05, 3.63) is 48.6 Å². The van der Waals surface area contributed by atoms with E-state index in [1.807, 2.05) is 12.2 Å². The Morgan fingerprint density at radius 2 is 0.980 bits per heavy atom. The Morgan fingerprint density at radius 1 is 0.569 bits per heavy atom. The van der Waals surface area contributed by atoms with E-state index in [-0.39, 0.29) is 31.0 Å². The maximum Gasteiger partial charge on any atom is 0.500 e. The van der Waals surface area contributed by atoms with Crippen molar-refractivity contribution in [1.29, 1.82) is 0 Å². The van der Waals surface area contributed by atoms with Gasteiger partial charge in [-0.2, -0.15) is 0 Å². The molecule has 0 aliphatic heterocycles. The molecule has 0 saturated heterocycles. The van der Waals surface area contributed by atoms with Crippen LogP contribution >= 0.6 is 0 Å². The molecule has 2 N–H and O–H groups in total. The van der Waals surface area contributed by atoms with Crippen LogP contribution in [0.1, 0.15) is 109 Å². The van der Waals surface area contributed by atoms with E-state index in [1.165, 1.54) is 70.6 Å². The van der Waals surface area contributed by atoms with Gasteiger partial charge in [-0.15, -0.1) is 0 Å². The Hall–Kier alpha value is -1.91. The van der Waals surface area contributed by atoms with E-state index < -0.39 is 17.1 Å². The van der Waals surface area contributed by atoms with E-state index in [2.05, 4.69) is 24.3 Å². The second-order valence-electron chi connectivity index (χ2n) is 13.5. The first kappa shape index (κ1) is 47.1. The third-order valence-corrected chi connectivity index (χ3v) is 15.8. The summed E-state index contributed by atoms with van der Waals surface area (Å²) >= 11 is 0. The number of ether oxygens (including phenoxy) is 2. The number of esters is 2. The van der Waals surface area contributed by atoms with Crippen LogP contribution in [-0.4, -0.2) is 93.4 Å². The van der Waals surface area contributed by atoms with Crippen LogP contribution in [0.3, 0.4) is 0 Å². The third kappa shape index (κ3) is 22.7. The Bertz CT molecular complexity index is 913. The maximum absolute atomic E-state index is 11.9. The molecule has 2 atom stereocenters. The van der Waals surface area contributed by atoms with Gasteiger partial charge >= 0.3 is 20.7 Å². The fraction of sp³-hybridized carbons (Fsp3) is 0.744. The van der Waals surface area contributed by atoms with Gasteiger partial charge in [-0.25, -0.2) is 9.59 Å². The lowest BCUT2D eigenvalue weighted by Crippen LogP contribution is -2.46. The van der Waals surface area contributed by atoms with Crippen molar-refractivity contribution in [2.45, 2.75) is 121 Å². The van der Waals surface area contributed by atoms with Crippen molar-refractivity contribution in [1.82, 2.24) is 0 Å². The largest absolute Gasteiger partial charge is 0.500 e. The van der Waals surface area contributed by atoms with Gasteiger partial charge in [-0.05, 0) is 101 Å². The second-order valence-corrected chi connectivity index (χ2v) is 20.5. The molecule has 1 rings (SSSR count). The molecule has 1 aliphatic carbocycles. The standard InChI is InChI=1S/C39H70O10Si2/c1-44-50(34-40,35-41)31-21-29-48-38(42)25-19-15-11-7-5-9-13-17-23-36-27-28-37(33-36)24-18-14-10-6-8-12-16-20-26-39(43)49-30-22-32-51(45-2,46-3)47-4/h17-20,23-26,36-37,40-41H,5-16,21-22,27-35H2,1-4H3/b23-17+,24-18+,25-19+,26-20+. The number of hydrogen-bond acceptors (Lipinski definition) is 10. The van der Waals surface area contributed by atoms with Gasteiger partial charge in [-0.3, -0.25) is 0 Å². The van der Waals surface area contributed by atoms with E-state index in [9.17, 15) is 19.8 Å². The predicted molar refractivity (Wildman–Crippen MR) is 207 cm³/mol. The summed E-state index contributed by atoms with van der Waals surface area (Å²) in [5.74, 6) is 0.790. The molecule has 1 aliphatic rings. The van der Waals surface area contributed by atoms with Gasteiger partial charge in [0.15, 0.2) is 0 Å². The quantitative estimate of drug-likeness (QED) is 0.0232. The zero-order valence-electron chi connectivity index (χ0n) is 32.2. The SMILES string of the molecule is CO[Si](CO)(CO)CCCOC(=O)/C=C/CCCCCC/C=C/C1CCC(/C=C/CCCCCC/C=C/C(=O)OCCC[Si](OC)(OC)OC)C1. The highest BCUT2D eigenvalue weighted by Crippen LogP contribution is 2.33. The number of carbonyl (C=O) groups excluding carboxylic acids is 2. The van der Waals surface area contributed by atoms with Crippen molar-refractivity contribution in [3.63, 3.8) is 0 Å². The van der Waals surface area contributed by atoms with Gasteiger partial charge in [0.05, 0.1) is 25.7 Å². The molecule has 0 bridgehead atoms. The minimum atomic E-state index is -2.60. The highest BCUT2D eigenvalue weighted by Gasteiger charge is 2.37. The van der Waals surface area contributed by atoms with Crippen LogP contribution in [0.15, 0.2) is 48.6 Å². The van der Waals surface area contributed by atoms with Crippen molar-refractivity contribution in [2.24, 2.45) is 11.8 Å². The average Bonchev–Trinajstić information content (AvgIpc) is 3.61. The number of aliphatic hydroxyl groups excluding tert-OH is 2. The molecule has 12 heteroatoms. The Balaban J connectivity index is 1.98. The Kier molecular flexibility index (Phi) is 28.2. The van der Waals surface area contributed by atoms with Crippen molar-refractivity contribution >= 4 is 29.1 Å². The van der Waals surface area contributed by atoms with Crippen molar-refractivity contribution in [3.8, 4) is 0 Å². The molecule has 294 valence electrons. The lowest BCUT2D eigenvalue weighted by Gasteiger charge is -2.24. The van der Waals surface area contributed by atoms with Gasteiger partial charge in [0, 0.05) is 46.6 Å². The fourth-order valence-electron chi connectivity index (χ4n) is 6.21. The average molecular weight is 755 g/mol. The summed E-state index contributed by atoms with van der Waals surface area (Å²) in [6.45, 7) is 0.594. The fourth-order valence-corrected chi connectivity index (χ4v) is 9.57. The molecule has 0 radical (unpaired) electrons. The van der Waals surface area contributed by atoms with Crippen LogP contribution in [0.25, 0.3) is 0 Å². The maximum atomic E-state index is 11.9. The molecule has 2 unspecified atom stereocenters. The van der Waals surface area contributed by atoms with Gasteiger partial charge in [0.1, 0.15) is 0 Å². The molecule has 1 saturated carbocycles. The molecule has 0 aromatic heterocycles. The first-order valence-corrected chi connectivity index (χ1v) is 23.7. The topological polar surface area (TPSA) is 130 Å². The number of hydrogen-bond donors (Lipinski definition) is 2. The number of rotatable bonds is 32. The molecule has 0 spiro atoms. The van der Waals surface area contributed by atoms with Crippen LogP contribution in [0.5, 0.6) is 0 Å². The molecule has 0 amide bonds. The molecule has 0 aromatic rings. The summed E-state index contributed by atoms with van der Waals surface area (Å²) in [5.41, 5.74) is 0. The number of aliphatic hydroxyl groups is 2. The molecular formula is C39H70O10Si2. The van der Waals surface area contributed by atoms with Gasteiger partial charge in [0.25, 0.3) is 0 Å². The zero-order chi connectivity index (χ0) is 37.5. The van der Waals surface area contributed by atoms with Gasteiger partial charge in [0.2, 0.25) is 8.32 Å². The molecule has 0 aromatic carbocycles. The van der Waals surface area contributed by atoms with E-state index in [1.54, 1.807) is 21.3 Å². The van der Waals surface area contributed by atoms with Crippen LogP contribution in [0, 0.1) is 11.8 Å². The minimum Gasteiger partial charge on any atom is -0.463 e. The summed E-state index contributed by atoms with van der Waals surface area (Å²) in [5, 5.41) is 18.9. The summed E-state index contributed by atoms with van der Waals surface area (Å²) in [6.07, 6.45) is 34.7. The van der Waals surface area contributed by atoms with Crippen LogP contribution in [0.4, 0.5) is 0 Å². The van der Waals surface area contributed by atoms with E-state index >= 15 is 0 Å². The van der Waals surface area contributed by atoms with Crippen molar-refractivity contribution in [2.75, 3.05) is 54.1 Å². The van der Waals surface area contributed by atoms with E-state index in [0.29, 0.717) is 43.4 Å². The first-order chi connectivity index (χ1) is 24.8. The molecular weight excluding hydrogens is 685 g/mol. The van der Waals surface area contributed by atoms with Crippen LogP contribution < -0.4 is 0 Å². The summed E-state index contributed by atoms with van der Waals surface area (Å²) in [7, 11) is 1.16. The predicted octanol–water partition coefficient (Wildman–Crippen LogP) is 7.71. The van der Waals surface area contributed by atoms with E-state index in [0.717, 1.165) is 44.9 Å².